The number of hydrogen-bond donors (Lipinski definition) is 1. The maximum absolute atomic E-state index is 13.1. The van der Waals surface area contributed by atoms with E-state index in [9.17, 15) is 17.6 Å². The molecule has 1 heterocycles. The average Bonchev–Trinajstić information content (AvgIpc) is 3.19. The SMILES string of the molecule is O=C(COc1ccc(S(=O)(=O)N2CCCC2)cc1Cl)Nc1ccc(F)c(Cl)c1. The third-order valence-electron chi connectivity index (χ3n) is 4.17. The lowest BCUT2D eigenvalue weighted by molar-refractivity contribution is -0.118. The number of nitrogens with one attached hydrogen (secondary N) is 1. The Labute approximate surface area is 172 Å². The molecular formula is C18H17Cl2FN2O4S. The second-order valence-electron chi connectivity index (χ2n) is 6.17. The van der Waals surface area contributed by atoms with E-state index in [0.717, 1.165) is 18.9 Å². The van der Waals surface area contributed by atoms with Crippen LogP contribution in [0.15, 0.2) is 41.3 Å². The number of sulfonamides is 1. The van der Waals surface area contributed by atoms with E-state index in [4.69, 9.17) is 27.9 Å². The molecule has 1 aliphatic rings. The fourth-order valence-corrected chi connectivity index (χ4v) is 4.78. The van der Waals surface area contributed by atoms with E-state index in [1.807, 2.05) is 0 Å². The molecule has 0 spiro atoms. The molecule has 2 aromatic rings. The number of rotatable bonds is 6. The minimum Gasteiger partial charge on any atom is -0.482 e. The third kappa shape index (κ3) is 4.75. The summed E-state index contributed by atoms with van der Waals surface area (Å²) >= 11 is 11.8. The van der Waals surface area contributed by atoms with Gasteiger partial charge in [-0.25, -0.2) is 12.8 Å². The van der Waals surface area contributed by atoms with Crippen molar-refractivity contribution in [3.8, 4) is 5.75 Å². The molecule has 6 nitrogen and oxygen atoms in total. The summed E-state index contributed by atoms with van der Waals surface area (Å²) in [6.07, 6.45) is 1.67. The number of benzene rings is 2. The molecular weight excluding hydrogens is 430 g/mol. The summed E-state index contributed by atoms with van der Waals surface area (Å²) in [5.41, 5.74) is 0.318. The standard InChI is InChI=1S/C18H17Cl2FN2O4S/c19-14-9-12(3-5-16(14)21)22-18(24)11-27-17-6-4-13(10-15(17)20)28(25,26)23-7-1-2-8-23/h3-6,9-10H,1-2,7-8,11H2,(H,22,24). The lowest BCUT2D eigenvalue weighted by Gasteiger charge is -2.16. The van der Waals surface area contributed by atoms with Crippen LogP contribution in [0.4, 0.5) is 10.1 Å². The number of halogens is 3. The molecule has 10 heteroatoms. The van der Waals surface area contributed by atoms with Gasteiger partial charge in [0.05, 0.1) is 14.9 Å². The van der Waals surface area contributed by atoms with Crippen LogP contribution in [-0.4, -0.2) is 38.3 Å². The van der Waals surface area contributed by atoms with Crippen LogP contribution in [0.1, 0.15) is 12.8 Å². The van der Waals surface area contributed by atoms with Crippen molar-refractivity contribution in [1.29, 1.82) is 0 Å². The van der Waals surface area contributed by atoms with Crippen molar-refractivity contribution in [2.45, 2.75) is 17.7 Å². The Balaban J connectivity index is 1.63. The van der Waals surface area contributed by atoms with Crippen molar-refractivity contribution in [3.63, 3.8) is 0 Å². The minimum absolute atomic E-state index is 0.0807. The monoisotopic (exact) mass is 446 g/mol. The Kier molecular flexibility index (Phi) is 6.44. The van der Waals surface area contributed by atoms with Gasteiger partial charge in [-0.2, -0.15) is 4.31 Å². The summed E-state index contributed by atoms with van der Waals surface area (Å²) in [7, 11) is -3.59. The van der Waals surface area contributed by atoms with Gasteiger partial charge in [0.2, 0.25) is 10.0 Å². The van der Waals surface area contributed by atoms with Crippen LogP contribution in [0.2, 0.25) is 10.0 Å². The molecule has 0 radical (unpaired) electrons. The predicted octanol–water partition coefficient (Wildman–Crippen LogP) is 3.93. The van der Waals surface area contributed by atoms with Crippen LogP contribution in [-0.2, 0) is 14.8 Å². The van der Waals surface area contributed by atoms with Crippen molar-refractivity contribution in [2.75, 3.05) is 25.0 Å². The Morgan fingerprint density at radius 2 is 1.82 bits per heavy atom. The van der Waals surface area contributed by atoms with E-state index in [2.05, 4.69) is 5.32 Å². The number of carbonyl (C=O) groups excluding carboxylic acids is 1. The van der Waals surface area contributed by atoms with Gasteiger partial charge in [-0.15, -0.1) is 0 Å². The second-order valence-corrected chi connectivity index (χ2v) is 8.92. The van der Waals surface area contributed by atoms with Crippen LogP contribution in [0.25, 0.3) is 0 Å². The fourth-order valence-electron chi connectivity index (χ4n) is 2.75. The topological polar surface area (TPSA) is 75.7 Å². The molecule has 0 unspecified atom stereocenters. The van der Waals surface area contributed by atoms with Crippen molar-refractivity contribution in [3.05, 3.63) is 52.3 Å². The normalized spacial score (nSPS) is 14.8. The quantitative estimate of drug-likeness (QED) is 0.728. The molecule has 0 bridgehead atoms. The molecule has 1 aliphatic heterocycles. The largest absolute Gasteiger partial charge is 0.482 e. The van der Waals surface area contributed by atoms with Crippen molar-refractivity contribution in [2.24, 2.45) is 0 Å². The summed E-state index contributed by atoms with van der Waals surface area (Å²) in [4.78, 5) is 12.1. The number of amides is 1. The van der Waals surface area contributed by atoms with Gasteiger partial charge in [0.1, 0.15) is 11.6 Å². The van der Waals surface area contributed by atoms with Crippen LogP contribution >= 0.6 is 23.2 Å². The van der Waals surface area contributed by atoms with Gasteiger partial charge >= 0.3 is 0 Å². The summed E-state index contributed by atoms with van der Waals surface area (Å²) in [5, 5.41) is 2.48. The van der Waals surface area contributed by atoms with Crippen molar-refractivity contribution >= 4 is 44.8 Å². The summed E-state index contributed by atoms with van der Waals surface area (Å²) in [5.74, 6) is -0.923. The molecule has 0 aliphatic carbocycles. The van der Waals surface area contributed by atoms with Crippen molar-refractivity contribution < 1.29 is 22.3 Å². The molecule has 0 atom stereocenters. The number of carbonyl (C=O) groups is 1. The van der Waals surface area contributed by atoms with E-state index in [0.29, 0.717) is 18.8 Å². The number of nitrogens with zero attached hydrogens (tertiary/aromatic N) is 1. The van der Waals surface area contributed by atoms with Crippen LogP contribution < -0.4 is 10.1 Å². The first kappa shape index (κ1) is 20.9. The van der Waals surface area contributed by atoms with Gasteiger partial charge in [-0.1, -0.05) is 23.2 Å². The van der Waals surface area contributed by atoms with E-state index in [1.165, 1.54) is 34.6 Å². The van der Waals surface area contributed by atoms with Gasteiger partial charge in [0, 0.05) is 18.8 Å². The van der Waals surface area contributed by atoms with E-state index in [-0.39, 0.29) is 27.3 Å². The van der Waals surface area contributed by atoms with Crippen LogP contribution in [0.5, 0.6) is 5.75 Å². The van der Waals surface area contributed by atoms with Gasteiger partial charge in [0.25, 0.3) is 5.91 Å². The molecule has 2 aromatic carbocycles. The van der Waals surface area contributed by atoms with E-state index >= 15 is 0 Å². The molecule has 28 heavy (non-hydrogen) atoms. The predicted molar refractivity (Wildman–Crippen MR) is 105 cm³/mol. The zero-order valence-electron chi connectivity index (χ0n) is 14.6. The summed E-state index contributed by atoms with van der Waals surface area (Å²) in [6, 6.07) is 7.89. The lowest BCUT2D eigenvalue weighted by Crippen LogP contribution is -2.27. The molecule has 0 saturated carbocycles. The molecule has 1 N–H and O–H groups in total. The Morgan fingerprint density at radius 3 is 2.46 bits per heavy atom. The first-order valence-corrected chi connectivity index (χ1v) is 10.6. The molecule has 1 amide bonds. The lowest BCUT2D eigenvalue weighted by atomic mass is 10.3. The fraction of sp³-hybridized carbons (Fsp3) is 0.278. The number of hydrogen-bond acceptors (Lipinski definition) is 4. The third-order valence-corrected chi connectivity index (χ3v) is 6.65. The minimum atomic E-state index is -3.59. The summed E-state index contributed by atoms with van der Waals surface area (Å²) in [6.45, 7) is 0.616. The molecule has 3 rings (SSSR count). The van der Waals surface area contributed by atoms with E-state index in [1.54, 1.807) is 0 Å². The van der Waals surface area contributed by atoms with Crippen LogP contribution in [0, 0.1) is 5.82 Å². The molecule has 1 fully saturated rings. The number of anilines is 1. The smallest absolute Gasteiger partial charge is 0.262 e. The zero-order chi connectivity index (χ0) is 20.3. The highest BCUT2D eigenvalue weighted by atomic mass is 35.5. The first-order chi connectivity index (χ1) is 13.3. The first-order valence-electron chi connectivity index (χ1n) is 8.45. The maximum Gasteiger partial charge on any atom is 0.262 e. The van der Waals surface area contributed by atoms with Gasteiger partial charge < -0.3 is 10.1 Å². The van der Waals surface area contributed by atoms with Gasteiger partial charge in [-0.05, 0) is 49.2 Å². The Hall–Kier alpha value is -1.87. The second kappa shape index (κ2) is 8.65. The van der Waals surface area contributed by atoms with Gasteiger partial charge in [-0.3, -0.25) is 4.79 Å². The summed E-state index contributed by atoms with van der Waals surface area (Å²) < 4.78 is 45.0. The maximum atomic E-state index is 13.1. The zero-order valence-corrected chi connectivity index (χ0v) is 17.0. The Bertz CT molecular complexity index is 995. The van der Waals surface area contributed by atoms with Crippen molar-refractivity contribution in [1.82, 2.24) is 4.31 Å². The highest BCUT2D eigenvalue weighted by Gasteiger charge is 2.27. The highest BCUT2D eigenvalue weighted by molar-refractivity contribution is 7.89. The molecule has 150 valence electrons. The van der Waals surface area contributed by atoms with Gasteiger partial charge in [0.15, 0.2) is 6.61 Å². The Morgan fingerprint density at radius 1 is 1.11 bits per heavy atom. The van der Waals surface area contributed by atoms with Crippen LogP contribution in [0.3, 0.4) is 0 Å². The molecule has 1 saturated heterocycles. The highest BCUT2D eigenvalue weighted by Crippen LogP contribution is 2.30. The van der Waals surface area contributed by atoms with E-state index < -0.39 is 21.7 Å². The number of ether oxygens (including phenoxy) is 1. The average molecular weight is 447 g/mol. The molecule has 0 aromatic heterocycles.